The Morgan fingerprint density at radius 3 is 2.44 bits per heavy atom. The fourth-order valence-electron chi connectivity index (χ4n) is 2.56. The maximum absolute atomic E-state index is 12.2. The zero-order chi connectivity index (χ0) is 19.6. The molecule has 27 heavy (non-hydrogen) atoms. The maximum Gasteiger partial charge on any atom is 0.319 e. The van der Waals surface area contributed by atoms with Gasteiger partial charge in [-0.15, -0.1) is 0 Å². The number of likely N-dealkylation sites (N-methyl/N-ethyl adjacent to an activating group) is 1. The van der Waals surface area contributed by atoms with Gasteiger partial charge in [0.25, 0.3) is 0 Å². The number of ether oxygens (including phenoxy) is 2. The van der Waals surface area contributed by atoms with E-state index >= 15 is 0 Å². The first kappa shape index (κ1) is 21.0. The lowest BCUT2D eigenvalue weighted by atomic mass is 10.1. The number of urea groups is 1. The molecular formula is C20H26ClN3O3. The molecule has 1 unspecified atom stereocenters. The SMILES string of the molecule is COCCOc1ccc(NC(=O)NCC(c2ccccc2Cl)N(C)C)cc1. The molecule has 0 aliphatic rings. The van der Waals surface area contributed by atoms with Crippen LogP contribution in [-0.2, 0) is 4.74 Å². The molecule has 1 atom stereocenters. The Kier molecular flexibility index (Phi) is 8.39. The molecule has 0 saturated heterocycles. The number of nitrogens with one attached hydrogen (secondary N) is 2. The summed E-state index contributed by atoms with van der Waals surface area (Å²) in [5.74, 6) is 0.726. The molecule has 146 valence electrons. The van der Waals surface area contributed by atoms with Crippen LogP contribution >= 0.6 is 11.6 Å². The molecule has 0 aliphatic heterocycles. The first-order chi connectivity index (χ1) is 13.0. The van der Waals surface area contributed by atoms with Crippen LogP contribution in [0.3, 0.4) is 0 Å². The minimum Gasteiger partial charge on any atom is -0.491 e. The number of amides is 2. The van der Waals surface area contributed by atoms with Gasteiger partial charge in [-0.25, -0.2) is 4.79 Å². The monoisotopic (exact) mass is 391 g/mol. The van der Waals surface area contributed by atoms with E-state index in [1.165, 1.54) is 0 Å². The molecule has 0 saturated carbocycles. The molecule has 0 bridgehead atoms. The standard InChI is InChI=1S/C20H26ClN3O3/c1-24(2)19(17-6-4-5-7-18(17)21)14-22-20(25)23-15-8-10-16(11-9-15)27-13-12-26-3/h4-11,19H,12-14H2,1-3H3,(H2,22,23,25). The number of nitrogens with zero attached hydrogens (tertiary/aromatic N) is 1. The van der Waals surface area contributed by atoms with Crippen LogP contribution in [0.15, 0.2) is 48.5 Å². The lowest BCUT2D eigenvalue weighted by molar-refractivity contribution is 0.146. The van der Waals surface area contributed by atoms with Gasteiger partial charge in [-0.2, -0.15) is 0 Å². The fourth-order valence-corrected chi connectivity index (χ4v) is 2.82. The number of benzene rings is 2. The third-order valence-electron chi connectivity index (χ3n) is 4.01. The summed E-state index contributed by atoms with van der Waals surface area (Å²) in [5, 5.41) is 6.39. The molecule has 2 aromatic carbocycles. The Bertz CT molecular complexity index is 723. The van der Waals surface area contributed by atoms with Gasteiger partial charge in [0.15, 0.2) is 0 Å². The van der Waals surface area contributed by atoms with Crippen molar-refractivity contribution in [2.75, 3.05) is 46.3 Å². The summed E-state index contributed by atoms with van der Waals surface area (Å²) in [4.78, 5) is 14.3. The second kappa shape index (κ2) is 10.8. The quantitative estimate of drug-likeness (QED) is 0.638. The Balaban J connectivity index is 1.88. The van der Waals surface area contributed by atoms with Crippen molar-refractivity contribution in [1.82, 2.24) is 10.2 Å². The van der Waals surface area contributed by atoms with Crippen molar-refractivity contribution in [1.29, 1.82) is 0 Å². The molecule has 2 amide bonds. The Morgan fingerprint density at radius 2 is 1.81 bits per heavy atom. The van der Waals surface area contributed by atoms with E-state index in [9.17, 15) is 4.79 Å². The number of anilines is 1. The lowest BCUT2D eigenvalue weighted by Gasteiger charge is -2.26. The van der Waals surface area contributed by atoms with Crippen molar-refractivity contribution < 1.29 is 14.3 Å². The Hall–Kier alpha value is -2.28. The smallest absolute Gasteiger partial charge is 0.319 e. The number of carbonyl (C=O) groups is 1. The van der Waals surface area contributed by atoms with Gasteiger partial charge in [0, 0.05) is 24.4 Å². The molecule has 2 rings (SSSR count). The molecular weight excluding hydrogens is 366 g/mol. The van der Waals surface area contributed by atoms with Crippen LogP contribution in [0.2, 0.25) is 5.02 Å². The molecule has 0 radical (unpaired) electrons. The second-order valence-electron chi connectivity index (χ2n) is 6.20. The average molecular weight is 392 g/mol. The van der Waals surface area contributed by atoms with Gasteiger partial charge in [-0.1, -0.05) is 29.8 Å². The van der Waals surface area contributed by atoms with Crippen LogP contribution in [0.4, 0.5) is 10.5 Å². The van der Waals surface area contributed by atoms with Crippen molar-refractivity contribution in [2.24, 2.45) is 0 Å². The van der Waals surface area contributed by atoms with Crippen molar-refractivity contribution in [2.45, 2.75) is 6.04 Å². The zero-order valence-corrected chi connectivity index (χ0v) is 16.6. The van der Waals surface area contributed by atoms with Gasteiger partial charge in [-0.3, -0.25) is 0 Å². The molecule has 0 heterocycles. The van der Waals surface area contributed by atoms with Crippen LogP contribution < -0.4 is 15.4 Å². The van der Waals surface area contributed by atoms with Gasteiger partial charge in [0.05, 0.1) is 12.6 Å². The van der Waals surface area contributed by atoms with E-state index in [2.05, 4.69) is 10.6 Å². The minimum atomic E-state index is -0.276. The van der Waals surface area contributed by atoms with E-state index < -0.39 is 0 Å². The molecule has 0 aromatic heterocycles. The second-order valence-corrected chi connectivity index (χ2v) is 6.61. The van der Waals surface area contributed by atoms with Gasteiger partial charge < -0.3 is 25.0 Å². The molecule has 0 spiro atoms. The Morgan fingerprint density at radius 1 is 1.11 bits per heavy atom. The molecule has 6 nitrogen and oxygen atoms in total. The predicted molar refractivity (Wildman–Crippen MR) is 109 cm³/mol. The molecule has 2 aromatic rings. The predicted octanol–water partition coefficient (Wildman–Crippen LogP) is 3.79. The molecule has 2 N–H and O–H groups in total. The normalized spacial score (nSPS) is 11.9. The summed E-state index contributed by atoms with van der Waals surface area (Å²) in [5.41, 5.74) is 1.66. The summed E-state index contributed by atoms with van der Waals surface area (Å²) < 4.78 is 10.4. The third-order valence-corrected chi connectivity index (χ3v) is 4.36. The third kappa shape index (κ3) is 6.75. The van der Waals surface area contributed by atoms with E-state index in [0.29, 0.717) is 30.5 Å². The average Bonchev–Trinajstić information content (AvgIpc) is 2.64. The molecule has 0 fully saturated rings. The van der Waals surface area contributed by atoms with Crippen molar-refractivity contribution >= 4 is 23.3 Å². The van der Waals surface area contributed by atoms with Gasteiger partial charge in [-0.05, 0) is 50.0 Å². The summed E-state index contributed by atoms with van der Waals surface area (Å²) in [7, 11) is 5.54. The number of rotatable bonds is 9. The van der Waals surface area contributed by atoms with Crippen molar-refractivity contribution in [3.63, 3.8) is 0 Å². The van der Waals surface area contributed by atoms with Crippen LogP contribution in [-0.4, -0.2) is 51.9 Å². The highest BCUT2D eigenvalue weighted by atomic mass is 35.5. The highest BCUT2D eigenvalue weighted by molar-refractivity contribution is 6.31. The number of halogens is 1. The first-order valence-electron chi connectivity index (χ1n) is 8.68. The minimum absolute atomic E-state index is 0.0268. The largest absolute Gasteiger partial charge is 0.491 e. The van der Waals surface area contributed by atoms with E-state index in [0.717, 1.165) is 11.3 Å². The fraction of sp³-hybridized carbons (Fsp3) is 0.350. The number of methoxy groups -OCH3 is 1. The summed E-state index contributed by atoms with van der Waals surface area (Å²) in [6.07, 6.45) is 0. The van der Waals surface area contributed by atoms with Crippen LogP contribution in [0.5, 0.6) is 5.75 Å². The van der Waals surface area contributed by atoms with E-state index in [1.807, 2.05) is 43.3 Å². The highest BCUT2D eigenvalue weighted by Gasteiger charge is 2.17. The zero-order valence-electron chi connectivity index (χ0n) is 15.9. The number of hydrogen-bond acceptors (Lipinski definition) is 4. The molecule has 7 heteroatoms. The molecule has 0 aliphatic carbocycles. The van der Waals surface area contributed by atoms with Gasteiger partial charge in [0.1, 0.15) is 12.4 Å². The highest BCUT2D eigenvalue weighted by Crippen LogP contribution is 2.25. The van der Waals surface area contributed by atoms with Crippen molar-refractivity contribution in [3.05, 3.63) is 59.1 Å². The van der Waals surface area contributed by atoms with Crippen molar-refractivity contribution in [3.8, 4) is 5.75 Å². The first-order valence-corrected chi connectivity index (χ1v) is 9.06. The van der Waals surface area contributed by atoms with E-state index in [1.54, 1.807) is 31.4 Å². The van der Waals surface area contributed by atoms with Gasteiger partial charge >= 0.3 is 6.03 Å². The summed E-state index contributed by atoms with van der Waals surface area (Å²) >= 11 is 6.29. The lowest BCUT2D eigenvalue weighted by Crippen LogP contribution is -2.37. The van der Waals surface area contributed by atoms with Gasteiger partial charge in [0.2, 0.25) is 0 Å². The summed E-state index contributed by atoms with van der Waals surface area (Å²) in [6, 6.07) is 14.5. The number of carbonyl (C=O) groups excluding carboxylic acids is 1. The van der Waals surface area contributed by atoms with E-state index in [-0.39, 0.29) is 12.1 Å². The van der Waals surface area contributed by atoms with E-state index in [4.69, 9.17) is 21.1 Å². The Labute approximate surface area is 165 Å². The van der Waals surface area contributed by atoms with Crippen LogP contribution in [0.25, 0.3) is 0 Å². The van der Waals surface area contributed by atoms with Crippen LogP contribution in [0.1, 0.15) is 11.6 Å². The summed E-state index contributed by atoms with van der Waals surface area (Å²) in [6.45, 7) is 1.44. The topological polar surface area (TPSA) is 62.8 Å². The van der Waals surface area contributed by atoms with Crippen LogP contribution in [0, 0.1) is 0 Å². The maximum atomic E-state index is 12.2. The number of hydrogen-bond donors (Lipinski definition) is 2.